The average molecular weight is 213 g/mol. The topological polar surface area (TPSA) is 51.0 Å². The average Bonchev–Trinajstić information content (AvgIpc) is 2.67. The van der Waals surface area contributed by atoms with Crippen LogP contribution in [0.3, 0.4) is 0 Å². The minimum absolute atomic E-state index is 0.666. The van der Waals surface area contributed by atoms with Gasteiger partial charge in [-0.15, -0.1) is 10.2 Å². The molecular formula is C9H15N3OS. The number of rotatable bonds is 3. The van der Waals surface area contributed by atoms with Crippen LogP contribution in [0, 0.1) is 5.92 Å². The van der Waals surface area contributed by atoms with Gasteiger partial charge in [0.05, 0.1) is 0 Å². The van der Waals surface area contributed by atoms with Gasteiger partial charge in [-0.1, -0.05) is 11.8 Å². The zero-order valence-electron chi connectivity index (χ0n) is 8.32. The summed E-state index contributed by atoms with van der Waals surface area (Å²) in [5.41, 5.74) is 0. The highest BCUT2D eigenvalue weighted by molar-refractivity contribution is 7.98. The van der Waals surface area contributed by atoms with Crippen LogP contribution < -0.4 is 5.32 Å². The molecule has 0 amide bonds. The Morgan fingerprint density at radius 2 is 2.50 bits per heavy atom. The van der Waals surface area contributed by atoms with Gasteiger partial charge in [0.1, 0.15) is 0 Å². The van der Waals surface area contributed by atoms with Crippen LogP contribution in [0.25, 0.3) is 0 Å². The van der Waals surface area contributed by atoms with Crippen molar-refractivity contribution < 1.29 is 4.42 Å². The molecule has 5 heteroatoms. The quantitative estimate of drug-likeness (QED) is 0.768. The summed E-state index contributed by atoms with van der Waals surface area (Å²) in [5, 5.41) is 12.0. The number of aromatic nitrogens is 2. The molecule has 1 saturated heterocycles. The standard InChI is InChI=1S/C9H15N3OS/c1-14-9-12-11-8(13-9)5-7-3-2-4-10-6-7/h7,10H,2-6H2,1H3. The van der Waals surface area contributed by atoms with Crippen LogP contribution in [-0.4, -0.2) is 29.5 Å². The highest BCUT2D eigenvalue weighted by Crippen LogP contribution is 2.18. The molecule has 2 heterocycles. The predicted octanol–water partition coefficient (Wildman–Crippen LogP) is 1.33. The summed E-state index contributed by atoms with van der Waals surface area (Å²) in [6.45, 7) is 2.23. The van der Waals surface area contributed by atoms with Crippen molar-refractivity contribution >= 4 is 11.8 Å². The van der Waals surface area contributed by atoms with E-state index >= 15 is 0 Å². The molecule has 2 rings (SSSR count). The first-order chi connectivity index (χ1) is 6.88. The van der Waals surface area contributed by atoms with E-state index in [1.807, 2.05) is 6.26 Å². The summed E-state index contributed by atoms with van der Waals surface area (Å²) in [6, 6.07) is 0. The normalized spacial score (nSPS) is 22.5. The Kier molecular flexibility index (Phi) is 3.42. The summed E-state index contributed by atoms with van der Waals surface area (Å²) in [6.07, 6.45) is 5.39. The fraction of sp³-hybridized carbons (Fsp3) is 0.778. The lowest BCUT2D eigenvalue weighted by molar-refractivity contribution is 0.330. The molecule has 14 heavy (non-hydrogen) atoms. The van der Waals surface area contributed by atoms with E-state index in [1.165, 1.54) is 24.6 Å². The summed E-state index contributed by atoms with van der Waals surface area (Å²) in [7, 11) is 0. The first kappa shape index (κ1) is 9.98. The maximum Gasteiger partial charge on any atom is 0.276 e. The molecule has 0 saturated carbocycles. The molecule has 1 N–H and O–H groups in total. The van der Waals surface area contributed by atoms with Crippen molar-refractivity contribution in [3.05, 3.63) is 5.89 Å². The molecule has 1 atom stereocenters. The van der Waals surface area contributed by atoms with Crippen LogP contribution in [-0.2, 0) is 6.42 Å². The minimum Gasteiger partial charge on any atom is -0.416 e. The number of hydrogen-bond donors (Lipinski definition) is 1. The lowest BCUT2D eigenvalue weighted by Gasteiger charge is -2.20. The van der Waals surface area contributed by atoms with Crippen molar-refractivity contribution in [2.24, 2.45) is 5.92 Å². The Hall–Kier alpha value is -0.550. The molecule has 1 unspecified atom stereocenters. The molecule has 1 aromatic rings. The van der Waals surface area contributed by atoms with Crippen LogP contribution in [0.15, 0.2) is 9.64 Å². The van der Waals surface area contributed by atoms with Gasteiger partial charge in [-0.05, 0) is 38.1 Å². The number of thioether (sulfide) groups is 1. The zero-order chi connectivity index (χ0) is 9.80. The van der Waals surface area contributed by atoms with E-state index in [0.717, 1.165) is 25.4 Å². The van der Waals surface area contributed by atoms with Crippen LogP contribution in [0.5, 0.6) is 0 Å². The van der Waals surface area contributed by atoms with Gasteiger partial charge < -0.3 is 9.73 Å². The van der Waals surface area contributed by atoms with Gasteiger partial charge in [0.25, 0.3) is 5.22 Å². The van der Waals surface area contributed by atoms with E-state index in [1.54, 1.807) is 0 Å². The molecule has 1 aromatic heterocycles. The third-order valence-electron chi connectivity index (χ3n) is 2.49. The van der Waals surface area contributed by atoms with Gasteiger partial charge in [0, 0.05) is 6.42 Å². The first-order valence-electron chi connectivity index (χ1n) is 4.95. The van der Waals surface area contributed by atoms with Gasteiger partial charge in [-0.2, -0.15) is 0 Å². The molecular weight excluding hydrogens is 198 g/mol. The Morgan fingerprint density at radius 3 is 3.14 bits per heavy atom. The van der Waals surface area contributed by atoms with Crippen molar-refractivity contribution in [2.45, 2.75) is 24.5 Å². The minimum atomic E-state index is 0.666. The van der Waals surface area contributed by atoms with Crippen LogP contribution in [0.4, 0.5) is 0 Å². The second-order valence-electron chi connectivity index (χ2n) is 3.58. The predicted molar refractivity (Wildman–Crippen MR) is 55.4 cm³/mol. The van der Waals surface area contributed by atoms with E-state index in [0.29, 0.717) is 11.1 Å². The molecule has 0 radical (unpaired) electrons. The molecule has 1 aliphatic rings. The highest BCUT2D eigenvalue weighted by atomic mass is 32.2. The van der Waals surface area contributed by atoms with Crippen molar-refractivity contribution in [3.63, 3.8) is 0 Å². The van der Waals surface area contributed by atoms with Crippen LogP contribution in [0.2, 0.25) is 0 Å². The monoisotopic (exact) mass is 213 g/mol. The first-order valence-corrected chi connectivity index (χ1v) is 6.18. The van der Waals surface area contributed by atoms with Crippen molar-refractivity contribution in [3.8, 4) is 0 Å². The summed E-state index contributed by atoms with van der Waals surface area (Å²) >= 11 is 1.50. The highest BCUT2D eigenvalue weighted by Gasteiger charge is 2.16. The fourth-order valence-corrected chi connectivity index (χ4v) is 2.05. The number of hydrogen-bond acceptors (Lipinski definition) is 5. The summed E-state index contributed by atoms with van der Waals surface area (Å²) in [4.78, 5) is 0. The van der Waals surface area contributed by atoms with Crippen molar-refractivity contribution in [2.75, 3.05) is 19.3 Å². The van der Waals surface area contributed by atoms with Crippen LogP contribution in [0.1, 0.15) is 18.7 Å². The van der Waals surface area contributed by atoms with Gasteiger partial charge in [-0.25, -0.2) is 0 Å². The van der Waals surface area contributed by atoms with E-state index in [2.05, 4.69) is 15.5 Å². The summed E-state index contributed by atoms with van der Waals surface area (Å²) in [5.74, 6) is 1.45. The molecule has 4 nitrogen and oxygen atoms in total. The second-order valence-corrected chi connectivity index (χ2v) is 4.34. The number of piperidine rings is 1. The van der Waals surface area contributed by atoms with E-state index in [4.69, 9.17) is 4.42 Å². The Labute approximate surface area is 87.9 Å². The zero-order valence-corrected chi connectivity index (χ0v) is 9.14. The second kappa shape index (κ2) is 4.79. The lowest BCUT2D eigenvalue weighted by Crippen LogP contribution is -2.30. The SMILES string of the molecule is CSc1nnc(CC2CCCNC2)o1. The Balaban J connectivity index is 1.89. The molecule has 0 aliphatic carbocycles. The molecule has 78 valence electrons. The van der Waals surface area contributed by atoms with Gasteiger partial charge in [0.15, 0.2) is 0 Å². The van der Waals surface area contributed by atoms with Gasteiger partial charge in [-0.3, -0.25) is 0 Å². The van der Waals surface area contributed by atoms with E-state index in [9.17, 15) is 0 Å². The maximum atomic E-state index is 5.45. The number of nitrogens with zero attached hydrogens (tertiary/aromatic N) is 2. The molecule has 1 fully saturated rings. The number of nitrogens with one attached hydrogen (secondary N) is 1. The largest absolute Gasteiger partial charge is 0.416 e. The molecule has 0 aromatic carbocycles. The van der Waals surface area contributed by atoms with Gasteiger partial charge >= 0.3 is 0 Å². The fourth-order valence-electron chi connectivity index (χ4n) is 1.75. The van der Waals surface area contributed by atoms with Crippen molar-refractivity contribution in [1.29, 1.82) is 0 Å². The van der Waals surface area contributed by atoms with E-state index in [-0.39, 0.29) is 0 Å². The lowest BCUT2D eigenvalue weighted by atomic mass is 9.96. The smallest absolute Gasteiger partial charge is 0.276 e. The Bertz CT molecular complexity index is 283. The van der Waals surface area contributed by atoms with Crippen LogP contribution >= 0.6 is 11.8 Å². The third kappa shape index (κ3) is 2.48. The maximum absolute atomic E-state index is 5.45. The van der Waals surface area contributed by atoms with E-state index < -0.39 is 0 Å². The Morgan fingerprint density at radius 1 is 1.57 bits per heavy atom. The molecule has 0 bridgehead atoms. The molecule has 0 spiro atoms. The van der Waals surface area contributed by atoms with Crippen molar-refractivity contribution in [1.82, 2.24) is 15.5 Å². The summed E-state index contributed by atoms with van der Waals surface area (Å²) < 4.78 is 5.45. The van der Waals surface area contributed by atoms with Gasteiger partial charge in [0.2, 0.25) is 5.89 Å². The third-order valence-corrected chi connectivity index (χ3v) is 3.00. The molecule has 1 aliphatic heterocycles.